The SMILES string of the molecule is CNC(=O)C1=C(C)Nc2nc3ccccc3n2C1c1c(Cl)cccc1Cl. The van der Waals surface area contributed by atoms with E-state index in [2.05, 4.69) is 15.6 Å². The third-order valence-electron chi connectivity index (χ3n) is 4.58. The highest BCUT2D eigenvalue weighted by molar-refractivity contribution is 6.36. The molecular weight excluding hydrogens is 371 g/mol. The van der Waals surface area contributed by atoms with Gasteiger partial charge in [-0.05, 0) is 31.2 Å². The molecule has 1 aliphatic heterocycles. The zero-order valence-corrected chi connectivity index (χ0v) is 15.7. The van der Waals surface area contributed by atoms with Gasteiger partial charge >= 0.3 is 0 Å². The van der Waals surface area contributed by atoms with Crippen LogP contribution in [-0.4, -0.2) is 22.5 Å². The van der Waals surface area contributed by atoms with E-state index in [0.29, 0.717) is 32.8 Å². The van der Waals surface area contributed by atoms with Gasteiger partial charge in [-0.2, -0.15) is 0 Å². The molecule has 7 heteroatoms. The molecule has 3 aromatic rings. The average Bonchev–Trinajstić information content (AvgIpc) is 2.98. The number of halogens is 2. The summed E-state index contributed by atoms with van der Waals surface area (Å²) >= 11 is 13.0. The number of imidazole rings is 1. The van der Waals surface area contributed by atoms with Crippen LogP contribution in [0.1, 0.15) is 18.5 Å². The highest BCUT2D eigenvalue weighted by Crippen LogP contribution is 2.43. The van der Waals surface area contributed by atoms with Crippen molar-refractivity contribution in [1.82, 2.24) is 14.9 Å². The number of hydrogen-bond donors (Lipinski definition) is 2. The average molecular weight is 387 g/mol. The minimum Gasteiger partial charge on any atom is -0.355 e. The van der Waals surface area contributed by atoms with Gasteiger partial charge in [0.05, 0.1) is 22.6 Å². The molecule has 0 saturated carbocycles. The molecule has 1 aromatic heterocycles. The zero-order valence-electron chi connectivity index (χ0n) is 14.2. The van der Waals surface area contributed by atoms with Crippen LogP contribution in [0.25, 0.3) is 11.0 Å². The van der Waals surface area contributed by atoms with Gasteiger partial charge in [-0.15, -0.1) is 0 Å². The first kappa shape index (κ1) is 16.9. The zero-order chi connectivity index (χ0) is 18.4. The summed E-state index contributed by atoms with van der Waals surface area (Å²) < 4.78 is 1.97. The van der Waals surface area contributed by atoms with Crippen molar-refractivity contribution in [2.45, 2.75) is 13.0 Å². The number of aromatic nitrogens is 2. The van der Waals surface area contributed by atoms with Crippen molar-refractivity contribution in [3.63, 3.8) is 0 Å². The fourth-order valence-electron chi connectivity index (χ4n) is 3.44. The summed E-state index contributed by atoms with van der Waals surface area (Å²) in [7, 11) is 1.61. The topological polar surface area (TPSA) is 59.0 Å². The molecule has 5 nitrogen and oxygen atoms in total. The molecule has 1 amide bonds. The van der Waals surface area contributed by atoms with E-state index in [-0.39, 0.29) is 5.91 Å². The fourth-order valence-corrected chi connectivity index (χ4v) is 4.04. The standard InChI is InChI=1S/C19H16Cl2N4O/c1-10-15(18(26)22-2)17(16-11(20)6-5-7-12(16)21)25-14-9-4-3-8-13(14)24-19(25)23-10/h3-9,17H,1-2H3,(H,22,26)(H,23,24). The predicted octanol–water partition coefficient (Wildman–Crippen LogP) is 4.38. The first-order valence-electron chi connectivity index (χ1n) is 8.13. The first-order chi connectivity index (χ1) is 12.5. The summed E-state index contributed by atoms with van der Waals surface area (Å²) in [5.41, 5.74) is 3.67. The van der Waals surface area contributed by atoms with Crippen LogP contribution in [0, 0.1) is 0 Å². The largest absolute Gasteiger partial charge is 0.355 e. The molecule has 0 radical (unpaired) electrons. The van der Waals surface area contributed by atoms with Gasteiger partial charge in [0.15, 0.2) is 0 Å². The van der Waals surface area contributed by atoms with Crippen LogP contribution in [0.2, 0.25) is 10.0 Å². The molecule has 1 atom stereocenters. The van der Waals surface area contributed by atoms with Crippen LogP contribution in [0.5, 0.6) is 0 Å². The summed E-state index contributed by atoms with van der Waals surface area (Å²) in [5.74, 6) is 0.455. The number of carbonyl (C=O) groups is 1. The van der Waals surface area contributed by atoms with Gasteiger partial charge in [0.1, 0.15) is 0 Å². The maximum absolute atomic E-state index is 12.7. The van der Waals surface area contributed by atoms with Gasteiger partial charge in [-0.3, -0.25) is 9.36 Å². The van der Waals surface area contributed by atoms with Gasteiger partial charge < -0.3 is 10.6 Å². The van der Waals surface area contributed by atoms with E-state index in [1.807, 2.05) is 35.8 Å². The molecule has 0 bridgehead atoms. The lowest BCUT2D eigenvalue weighted by Gasteiger charge is -2.31. The third kappa shape index (κ3) is 2.47. The number of para-hydroxylation sites is 2. The van der Waals surface area contributed by atoms with Crippen molar-refractivity contribution < 1.29 is 4.79 Å². The van der Waals surface area contributed by atoms with E-state index >= 15 is 0 Å². The fraction of sp³-hybridized carbons (Fsp3) is 0.158. The number of likely N-dealkylation sites (N-methyl/N-ethyl adjacent to an activating group) is 1. The van der Waals surface area contributed by atoms with E-state index in [1.165, 1.54) is 0 Å². The number of carbonyl (C=O) groups excluding carboxylic acids is 1. The number of nitrogens with zero attached hydrogens (tertiary/aromatic N) is 2. The Balaban J connectivity index is 2.09. The lowest BCUT2D eigenvalue weighted by atomic mass is 9.94. The number of hydrogen-bond acceptors (Lipinski definition) is 3. The Bertz CT molecular complexity index is 1050. The predicted molar refractivity (Wildman–Crippen MR) is 105 cm³/mol. The van der Waals surface area contributed by atoms with Crippen LogP contribution in [0.15, 0.2) is 53.7 Å². The van der Waals surface area contributed by atoms with Gasteiger partial charge in [-0.1, -0.05) is 41.4 Å². The van der Waals surface area contributed by atoms with Crippen LogP contribution >= 0.6 is 23.2 Å². The summed E-state index contributed by atoms with van der Waals surface area (Å²) in [6.07, 6.45) is 0. The second-order valence-electron chi connectivity index (χ2n) is 6.07. The van der Waals surface area contributed by atoms with Crippen molar-refractivity contribution in [2.24, 2.45) is 0 Å². The number of allylic oxidation sites excluding steroid dienone is 1. The number of benzene rings is 2. The molecule has 0 fully saturated rings. The summed E-state index contributed by atoms with van der Waals surface area (Å²) in [6.45, 7) is 1.85. The van der Waals surface area contributed by atoms with Crippen molar-refractivity contribution >= 4 is 46.1 Å². The molecule has 0 saturated heterocycles. The van der Waals surface area contributed by atoms with Gasteiger partial charge in [0.25, 0.3) is 5.91 Å². The number of nitrogens with one attached hydrogen (secondary N) is 2. The van der Waals surface area contributed by atoms with Gasteiger partial charge in [-0.25, -0.2) is 4.98 Å². The number of rotatable bonds is 2. The smallest absolute Gasteiger partial charge is 0.251 e. The second-order valence-corrected chi connectivity index (χ2v) is 6.89. The molecule has 0 aliphatic carbocycles. The Morgan fingerprint density at radius 1 is 1.15 bits per heavy atom. The van der Waals surface area contributed by atoms with E-state index in [9.17, 15) is 4.79 Å². The Morgan fingerprint density at radius 2 is 1.85 bits per heavy atom. The minimum absolute atomic E-state index is 0.195. The molecule has 2 aromatic carbocycles. The maximum atomic E-state index is 12.7. The number of fused-ring (bicyclic) bond motifs is 3. The number of amides is 1. The van der Waals surface area contributed by atoms with Crippen LogP contribution in [0.3, 0.4) is 0 Å². The van der Waals surface area contributed by atoms with Crippen molar-refractivity contribution in [3.8, 4) is 0 Å². The van der Waals surface area contributed by atoms with Crippen LogP contribution in [-0.2, 0) is 4.79 Å². The van der Waals surface area contributed by atoms with Gasteiger partial charge in [0.2, 0.25) is 5.95 Å². The molecule has 4 rings (SSSR count). The van der Waals surface area contributed by atoms with E-state index in [1.54, 1.807) is 25.2 Å². The molecule has 132 valence electrons. The van der Waals surface area contributed by atoms with Crippen LogP contribution in [0.4, 0.5) is 5.95 Å². The van der Waals surface area contributed by atoms with Crippen molar-refractivity contribution in [3.05, 3.63) is 69.3 Å². The van der Waals surface area contributed by atoms with Crippen LogP contribution < -0.4 is 10.6 Å². The highest BCUT2D eigenvalue weighted by atomic mass is 35.5. The van der Waals surface area contributed by atoms with Crippen molar-refractivity contribution in [1.29, 1.82) is 0 Å². The molecule has 0 spiro atoms. The van der Waals surface area contributed by atoms with E-state index < -0.39 is 6.04 Å². The summed E-state index contributed by atoms with van der Waals surface area (Å²) in [4.78, 5) is 17.4. The quantitative estimate of drug-likeness (QED) is 0.686. The molecule has 2 heterocycles. The lowest BCUT2D eigenvalue weighted by Crippen LogP contribution is -2.33. The highest BCUT2D eigenvalue weighted by Gasteiger charge is 2.35. The third-order valence-corrected chi connectivity index (χ3v) is 5.23. The first-order valence-corrected chi connectivity index (χ1v) is 8.89. The summed E-state index contributed by atoms with van der Waals surface area (Å²) in [6, 6.07) is 12.6. The summed E-state index contributed by atoms with van der Waals surface area (Å²) in [5, 5.41) is 6.96. The molecule has 1 aliphatic rings. The molecular formula is C19H16Cl2N4O. The molecule has 26 heavy (non-hydrogen) atoms. The monoisotopic (exact) mass is 386 g/mol. The number of anilines is 1. The Morgan fingerprint density at radius 3 is 2.54 bits per heavy atom. The lowest BCUT2D eigenvalue weighted by molar-refractivity contribution is -0.117. The second kappa shape index (κ2) is 6.34. The Hall–Kier alpha value is -2.50. The van der Waals surface area contributed by atoms with Crippen molar-refractivity contribution in [2.75, 3.05) is 12.4 Å². The van der Waals surface area contributed by atoms with E-state index in [4.69, 9.17) is 23.2 Å². The Kier molecular flexibility index (Phi) is 4.13. The molecule has 2 N–H and O–H groups in total. The Labute approximate surface area is 160 Å². The molecule has 1 unspecified atom stereocenters. The van der Waals surface area contributed by atoms with E-state index in [0.717, 1.165) is 11.0 Å². The normalized spacial score (nSPS) is 16.4. The van der Waals surface area contributed by atoms with Gasteiger partial charge in [0, 0.05) is 28.4 Å². The maximum Gasteiger partial charge on any atom is 0.251 e. The minimum atomic E-state index is -0.486.